The standard InChI is InChI=1S/C13H24N4O2/c1-12(2,3)19-11(18)16(6)9-13(4,5)17-8-10(14)7-15-17/h7-8H,9,14H2,1-6H3. The van der Waals surface area contributed by atoms with Gasteiger partial charge in [0.15, 0.2) is 0 Å². The predicted octanol–water partition coefficient (Wildman–Crippen LogP) is 2.07. The summed E-state index contributed by atoms with van der Waals surface area (Å²) in [6.45, 7) is 9.98. The van der Waals surface area contributed by atoms with Crippen molar-refractivity contribution in [2.24, 2.45) is 0 Å². The van der Waals surface area contributed by atoms with Crippen LogP contribution in [0.2, 0.25) is 0 Å². The second-order valence-corrected chi connectivity index (χ2v) is 6.37. The zero-order valence-corrected chi connectivity index (χ0v) is 12.6. The molecule has 1 rings (SSSR count). The molecule has 1 amide bonds. The second-order valence-electron chi connectivity index (χ2n) is 6.37. The number of nitrogens with two attached hydrogens (primary N) is 1. The highest BCUT2D eigenvalue weighted by atomic mass is 16.6. The van der Waals surface area contributed by atoms with E-state index in [2.05, 4.69) is 5.10 Å². The minimum Gasteiger partial charge on any atom is -0.444 e. The number of hydrogen-bond acceptors (Lipinski definition) is 4. The number of rotatable bonds is 3. The van der Waals surface area contributed by atoms with Crippen LogP contribution in [0.15, 0.2) is 12.4 Å². The molecule has 0 aromatic carbocycles. The molecule has 1 aromatic heterocycles. The fourth-order valence-corrected chi connectivity index (χ4v) is 1.73. The van der Waals surface area contributed by atoms with Crippen molar-refractivity contribution in [3.8, 4) is 0 Å². The van der Waals surface area contributed by atoms with Gasteiger partial charge in [0.2, 0.25) is 0 Å². The first-order valence-electron chi connectivity index (χ1n) is 6.26. The Bertz CT molecular complexity index is 446. The number of carbonyl (C=O) groups is 1. The Morgan fingerprint density at radius 3 is 2.42 bits per heavy atom. The van der Waals surface area contributed by atoms with Crippen molar-refractivity contribution in [2.75, 3.05) is 19.3 Å². The topological polar surface area (TPSA) is 73.4 Å². The Morgan fingerprint density at radius 2 is 2.00 bits per heavy atom. The van der Waals surface area contributed by atoms with Crippen LogP contribution >= 0.6 is 0 Å². The molecule has 1 heterocycles. The predicted molar refractivity (Wildman–Crippen MR) is 74.8 cm³/mol. The summed E-state index contributed by atoms with van der Waals surface area (Å²) in [6, 6.07) is 0. The molecule has 0 saturated carbocycles. The average Bonchev–Trinajstić information content (AvgIpc) is 2.62. The van der Waals surface area contributed by atoms with Gasteiger partial charge in [0.05, 0.1) is 17.4 Å². The van der Waals surface area contributed by atoms with Crippen LogP contribution < -0.4 is 5.73 Å². The summed E-state index contributed by atoms with van der Waals surface area (Å²) in [5.41, 5.74) is 5.41. The first-order valence-corrected chi connectivity index (χ1v) is 6.26. The van der Waals surface area contributed by atoms with E-state index in [0.717, 1.165) is 0 Å². The Kier molecular flexibility index (Phi) is 4.12. The third kappa shape index (κ3) is 4.46. The van der Waals surface area contributed by atoms with Gasteiger partial charge in [-0.1, -0.05) is 0 Å². The van der Waals surface area contributed by atoms with Gasteiger partial charge < -0.3 is 15.4 Å². The fourth-order valence-electron chi connectivity index (χ4n) is 1.73. The maximum absolute atomic E-state index is 11.9. The van der Waals surface area contributed by atoms with Crippen LogP contribution in [0, 0.1) is 0 Å². The summed E-state index contributed by atoms with van der Waals surface area (Å²) in [7, 11) is 1.71. The van der Waals surface area contributed by atoms with Crippen molar-refractivity contribution in [1.82, 2.24) is 14.7 Å². The fraction of sp³-hybridized carbons (Fsp3) is 0.692. The van der Waals surface area contributed by atoms with Crippen molar-refractivity contribution in [3.05, 3.63) is 12.4 Å². The summed E-state index contributed by atoms with van der Waals surface area (Å²) in [6.07, 6.45) is 3.00. The molecule has 1 aromatic rings. The lowest BCUT2D eigenvalue weighted by molar-refractivity contribution is 0.0236. The minimum atomic E-state index is -0.494. The van der Waals surface area contributed by atoms with Crippen LogP contribution in [0.5, 0.6) is 0 Å². The van der Waals surface area contributed by atoms with E-state index in [1.807, 2.05) is 34.6 Å². The number of nitrogen functional groups attached to an aromatic ring is 1. The summed E-state index contributed by atoms with van der Waals surface area (Å²) in [5.74, 6) is 0. The molecule has 0 unspecified atom stereocenters. The van der Waals surface area contributed by atoms with Gasteiger partial charge in [-0.25, -0.2) is 4.79 Å². The monoisotopic (exact) mass is 268 g/mol. The number of anilines is 1. The van der Waals surface area contributed by atoms with Crippen LogP contribution in [0.3, 0.4) is 0 Å². The van der Waals surface area contributed by atoms with E-state index >= 15 is 0 Å². The summed E-state index contributed by atoms with van der Waals surface area (Å²) in [4.78, 5) is 13.5. The Labute approximate surface area is 114 Å². The van der Waals surface area contributed by atoms with Gasteiger partial charge in [-0.2, -0.15) is 5.10 Å². The van der Waals surface area contributed by atoms with E-state index in [-0.39, 0.29) is 11.6 Å². The highest BCUT2D eigenvalue weighted by molar-refractivity contribution is 5.67. The Balaban J connectivity index is 2.70. The lowest BCUT2D eigenvalue weighted by Gasteiger charge is -2.32. The highest BCUT2D eigenvalue weighted by Gasteiger charge is 2.27. The number of ether oxygens (including phenoxy) is 1. The molecule has 6 heteroatoms. The first kappa shape index (κ1) is 15.3. The summed E-state index contributed by atoms with van der Waals surface area (Å²) in [5, 5.41) is 4.19. The molecule has 2 N–H and O–H groups in total. The summed E-state index contributed by atoms with van der Waals surface area (Å²) < 4.78 is 7.07. The third-order valence-corrected chi connectivity index (χ3v) is 2.55. The second kappa shape index (κ2) is 5.11. The molecule has 0 bridgehead atoms. The maximum Gasteiger partial charge on any atom is 0.410 e. The lowest BCUT2D eigenvalue weighted by atomic mass is 10.1. The largest absolute Gasteiger partial charge is 0.444 e. The van der Waals surface area contributed by atoms with E-state index in [4.69, 9.17) is 10.5 Å². The van der Waals surface area contributed by atoms with Crippen molar-refractivity contribution in [3.63, 3.8) is 0 Å². The molecule has 0 aliphatic rings. The van der Waals surface area contributed by atoms with Crippen LogP contribution in [0.4, 0.5) is 10.5 Å². The highest BCUT2D eigenvalue weighted by Crippen LogP contribution is 2.18. The Morgan fingerprint density at radius 1 is 1.42 bits per heavy atom. The van der Waals surface area contributed by atoms with Gasteiger partial charge in [-0.15, -0.1) is 0 Å². The SMILES string of the molecule is CN(CC(C)(C)n1cc(N)cn1)C(=O)OC(C)(C)C. The van der Waals surface area contributed by atoms with Gasteiger partial charge in [0.25, 0.3) is 0 Å². The molecule has 0 fully saturated rings. The molecular formula is C13H24N4O2. The van der Waals surface area contributed by atoms with Crippen LogP contribution in [0.1, 0.15) is 34.6 Å². The van der Waals surface area contributed by atoms with E-state index in [9.17, 15) is 4.79 Å². The van der Waals surface area contributed by atoms with Crippen LogP contribution in [0.25, 0.3) is 0 Å². The molecule has 0 aliphatic carbocycles. The van der Waals surface area contributed by atoms with E-state index < -0.39 is 5.60 Å². The molecule has 6 nitrogen and oxygen atoms in total. The average molecular weight is 268 g/mol. The maximum atomic E-state index is 11.9. The van der Waals surface area contributed by atoms with Gasteiger partial charge >= 0.3 is 6.09 Å². The molecule has 19 heavy (non-hydrogen) atoms. The summed E-state index contributed by atoms with van der Waals surface area (Å²) >= 11 is 0. The molecule has 0 atom stereocenters. The van der Waals surface area contributed by atoms with Crippen molar-refractivity contribution in [2.45, 2.75) is 45.8 Å². The quantitative estimate of drug-likeness (QED) is 0.910. The molecule has 0 aliphatic heterocycles. The van der Waals surface area contributed by atoms with Gasteiger partial charge in [0, 0.05) is 19.8 Å². The van der Waals surface area contributed by atoms with E-state index in [1.54, 1.807) is 29.0 Å². The molecule has 0 saturated heterocycles. The van der Waals surface area contributed by atoms with Crippen LogP contribution in [-0.2, 0) is 10.3 Å². The van der Waals surface area contributed by atoms with E-state index in [0.29, 0.717) is 12.2 Å². The van der Waals surface area contributed by atoms with Crippen molar-refractivity contribution >= 4 is 11.8 Å². The zero-order valence-electron chi connectivity index (χ0n) is 12.6. The minimum absolute atomic E-state index is 0.347. The first-order chi connectivity index (χ1) is 8.51. The van der Waals surface area contributed by atoms with Crippen LogP contribution in [-0.4, -0.2) is 40.0 Å². The van der Waals surface area contributed by atoms with Gasteiger partial charge in [0.1, 0.15) is 5.60 Å². The number of amides is 1. The molecule has 108 valence electrons. The van der Waals surface area contributed by atoms with Crippen molar-refractivity contribution in [1.29, 1.82) is 0 Å². The number of hydrogen-bond donors (Lipinski definition) is 1. The number of carbonyl (C=O) groups excluding carboxylic acids is 1. The number of nitrogens with zero attached hydrogens (tertiary/aromatic N) is 3. The van der Waals surface area contributed by atoms with Crippen molar-refractivity contribution < 1.29 is 9.53 Å². The molecule has 0 radical (unpaired) electrons. The lowest BCUT2D eigenvalue weighted by Crippen LogP contribution is -2.44. The number of likely N-dealkylation sites (N-methyl/N-ethyl adjacent to an activating group) is 1. The third-order valence-electron chi connectivity index (χ3n) is 2.55. The van der Waals surface area contributed by atoms with E-state index in [1.165, 1.54) is 0 Å². The normalized spacial score (nSPS) is 12.3. The molecule has 0 spiro atoms. The van der Waals surface area contributed by atoms with Gasteiger partial charge in [-0.3, -0.25) is 4.68 Å². The Hall–Kier alpha value is -1.72. The molecular weight excluding hydrogens is 244 g/mol. The van der Waals surface area contributed by atoms with Gasteiger partial charge in [-0.05, 0) is 34.6 Å². The number of aromatic nitrogens is 2. The zero-order chi connectivity index (χ0) is 14.8. The smallest absolute Gasteiger partial charge is 0.410 e.